The van der Waals surface area contributed by atoms with Crippen molar-refractivity contribution in [2.24, 2.45) is 5.73 Å². The van der Waals surface area contributed by atoms with Crippen molar-refractivity contribution in [3.8, 4) is 5.69 Å². The topological polar surface area (TPSA) is 73.8 Å². The summed E-state index contributed by atoms with van der Waals surface area (Å²) in [6.45, 7) is 1.72. The maximum absolute atomic E-state index is 13.3. The van der Waals surface area contributed by atoms with Crippen LogP contribution in [0.15, 0.2) is 59.8 Å². The van der Waals surface area contributed by atoms with E-state index in [1.54, 1.807) is 19.1 Å². The highest BCUT2D eigenvalue weighted by atomic mass is 32.2. The zero-order valence-electron chi connectivity index (χ0n) is 13.6. The first-order valence-electron chi connectivity index (χ1n) is 7.74. The lowest BCUT2D eigenvalue weighted by atomic mass is 10.1. The number of benzene rings is 2. The van der Waals surface area contributed by atoms with E-state index in [0.29, 0.717) is 17.4 Å². The second kappa shape index (κ2) is 7.48. The average molecular weight is 356 g/mol. The quantitative estimate of drug-likeness (QED) is 0.689. The van der Waals surface area contributed by atoms with Crippen molar-refractivity contribution in [3.05, 3.63) is 71.8 Å². The fourth-order valence-corrected chi connectivity index (χ4v) is 3.17. The highest BCUT2D eigenvalue weighted by Gasteiger charge is 2.19. The van der Waals surface area contributed by atoms with Gasteiger partial charge < -0.3 is 5.73 Å². The first kappa shape index (κ1) is 17.2. The first-order chi connectivity index (χ1) is 12.0. The fraction of sp³-hybridized carbons (Fsp3) is 0.167. The number of amides is 1. The number of thioether (sulfide) groups is 1. The van der Waals surface area contributed by atoms with Crippen LogP contribution in [0.3, 0.4) is 0 Å². The molecule has 2 aromatic carbocycles. The fourth-order valence-electron chi connectivity index (χ4n) is 2.34. The van der Waals surface area contributed by atoms with E-state index in [1.807, 2.05) is 34.9 Å². The van der Waals surface area contributed by atoms with Crippen molar-refractivity contribution < 1.29 is 9.18 Å². The Bertz CT molecular complexity index is 865. The maximum atomic E-state index is 13.3. The number of halogens is 1. The second-order valence-electron chi connectivity index (χ2n) is 5.54. The van der Waals surface area contributed by atoms with Gasteiger partial charge in [-0.05, 0) is 36.8 Å². The van der Waals surface area contributed by atoms with Crippen LogP contribution in [0.1, 0.15) is 18.3 Å². The summed E-state index contributed by atoms with van der Waals surface area (Å²) in [5.74, 6) is -0.0404. The Labute approximate surface area is 149 Å². The lowest BCUT2D eigenvalue weighted by Crippen LogP contribution is -2.23. The number of carbonyl (C=O) groups excluding carboxylic acids is 1. The summed E-state index contributed by atoms with van der Waals surface area (Å²) in [5, 5.41) is 8.57. The molecule has 1 atom stereocenters. The standard InChI is InChI=1S/C18H17FN4OS/c1-12(17(20)24)25-18-22-21-16(11-13-5-3-2-4-6-13)23(18)15-9-7-14(19)8-10-15/h2-10,12H,11H2,1H3,(H2,20,24). The molecular weight excluding hydrogens is 339 g/mol. The molecule has 0 saturated carbocycles. The van der Waals surface area contributed by atoms with Crippen molar-refractivity contribution >= 4 is 17.7 Å². The van der Waals surface area contributed by atoms with Gasteiger partial charge in [0.2, 0.25) is 5.91 Å². The largest absolute Gasteiger partial charge is 0.369 e. The van der Waals surface area contributed by atoms with Crippen LogP contribution in [-0.2, 0) is 11.2 Å². The minimum atomic E-state index is -0.451. The molecule has 0 spiro atoms. The molecule has 0 radical (unpaired) electrons. The van der Waals surface area contributed by atoms with Gasteiger partial charge in [0.05, 0.1) is 5.25 Å². The van der Waals surface area contributed by atoms with Crippen molar-refractivity contribution in [1.82, 2.24) is 14.8 Å². The van der Waals surface area contributed by atoms with Crippen LogP contribution in [0.2, 0.25) is 0 Å². The van der Waals surface area contributed by atoms with E-state index in [-0.39, 0.29) is 5.82 Å². The lowest BCUT2D eigenvalue weighted by molar-refractivity contribution is -0.117. The summed E-state index contributed by atoms with van der Waals surface area (Å²) in [5.41, 5.74) is 7.17. The van der Waals surface area contributed by atoms with E-state index in [2.05, 4.69) is 10.2 Å². The normalized spacial score (nSPS) is 12.1. The van der Waals surface area contributed by atoms with Gasteiger partial charge in [0, 0.05) is 12.1 Å². The van der Waals surface area contributed by atoms with Crippen molar-refractivity contribution in [2.45, 2.75) is 23.8 Å². The summed E-state index contributed by atoms with van der Waals surface area (Å²) >= 11 is 1.23. The molecule has 0 bridgehead atoms. The Morgan fingerprint density at radius 3 is 2.48 bits per heavy atom. The van der Waals surface area contributed by atoms with Gasteiger partial charge in [0.1, 0.15) is 11.6 Å². The molecule has 7 heteroatoms. The molecule has 2 N–H and O–H groups in total. The molecule has 1 unspecified atom stereocenters. The Hall–Kier alpha value is -2.67. The average Bonchev–Trinajstić information content (AvgIpc) is 2.98. The van der Waals surface area contributed by atoms with Gasteiger partial charge in [-0.2, -0.15) is 0 Å². The molecule has 0 aliphatic rings. The Morgan fingerprint density at radius 2 is 1.84 bits per heavy atom. The van der Waals surface area contributed by atoms with Crippen LogP contribution < -0.4 is 5.73 Å². The highest BCUT2D eigenvalue weighted by molar-refractivity contribution is 8.00. The van der Waals surface area contributed by atoms with Gasteiger partial charge in [-0.25, -0.2) is 4.39 Å². The zero-order chi connectivity index (χ0) is 17.8. The third-order valence-corrected chi connectivity index (χ3v) is 4.73. The molecule has 0 aliphatic carbocycles. The highest BCUT2D eigenvalue weighted by Crippen LogP contribution is 2.26. The summed E-state index contributed by atoms with van der Waals surface area (Å²) in [7, 11) is 0. The number of nitrogens with two attached hydrogens (primary N) is 1. The molecule has 5 nitrogen and oxygen atoms in total. The summed E-state index contributed by atoms with van der Waals surface area (Å²) < 4.78 is 15.1. The van der Waals surface area contributed by atoms with E-state index in [1.165, 1.54) is 23.9 Å². The Balaban J connectivity index is 2.01. The maximum Gasteiger partial charge on any atom is 0.230 e. The van der Waals surface area contributed by atoms with Crippen molar-refractivity contribution in [3.63, 3.8) is 0 Å². The first-order valence-corrected chi connectivity index (χ1v) is 8.62. The van der Waals surface area contributed by atoms with E-state index >= 15 is 0 Å². The second-order valence-corrected chi connectivity index (χ2v) is 6.84. The van der Waals surface area contributed by atoms with E-state index < -0.39 is 11.2 Å². The van der Waals surface area contributed by atoms with Crippen LogP contribution in [0.4, 0.5) is 4.39 Å². The molecule has 0 saturated heterocycles. The number of hydrogen-bond acceptors (Lipinski definition) is 4. The Kier molecular flexibility index (Phi) is 5.14. The minimum Gasteiger partial charge on any atom is -0.369 e. The summed E-state index contributed by atoms with van der Waals surface area (Å²) in [4.78, 5) is 11.4. The van der Waals surface area contributed by atoms with Gasteiger partial charge >= 0.3 is 0 Å². The monoisotopic (exact) mass is 356 g/mol. The van der Waals surface area contributed by atoms with Crippen molar-refractivity contribution in [1.29, 1.82) is 0 Å². The zero-order valence-corrected chi connectivity index (χ0v) is 14.4. The van der Waals surface area contributed by atoms with Crippen LogP contribution in [0.25, 0.3) is 5.69 Å². The van der Waals surface area contributed by atoms with Gasteiger partial charge in [0.25, 0.3) is 0 Å². The van der Waals surface area contributed by atoms with E-state index in [4.69, 9.17) is 5.73 Å². The molecule has 3 aromatic rings. The lowest BCUT2D eigenvalue weighted by Gasteiger charge is -2.12. The van der Waals surface area contributed by atoms with Crippen LogP contribution in [0, 0.1) is 5.82 Å². The van der Waals surface area contributed by atoms with E-state index in [9.17, 15) is 9.18 Å². The molecular formula is C18H17FN4OS. The summed E-state index contributed by atoms with van der Waals surface area (Å²) in [6, 6.07) is 16.0. The van der Waals surface area contributed by atoms with Crippen LogP contribution in [0.5, 0.6) is 0 Å². The molecule has 1 heterocycles. The Morgan fingerprint density at radius 1 is 1.16 bits per heavy atom. The van der Waals surface area contributed by atoms with Gasteiger partial charge in [-0.15, -0.1) is 10.2 Å². The van der Waals surface area contributed by atoms with Gasteiger partial charge in [-0.1, -0.05) is 42.1 Å². The molecule has 128 valence electrons. The number of aromatic nitrogens is 3. The number of rotatable bonds is 6. The summed E-state index contributed by atoms with van der Waals surface area (Å²) in [6.07, 6.45) is 0.566. The molecule has 0 aliphatic heterocycles. The molecule has 25 heavy (non-hydrogen) atoms. The number of carbonyl (C=O) groups is 1. The predicted molar refractivity (Wildman–Crippen MR) is 95.1 cm³/mol. The van der Waals surface area contributed by atoms with Crippen LogP contribution in [-0.4, -0.2) is 25.9 Å². The third-order valence-electron chi connectivity index (χ3n) is 3.67. The van der Waals surface area contributed by atoms with Crippen molar-refractivity contribution in [2.75, 3.05) is 0 Å². The third kappa shape index (κ3) is 4.06. The SMILES string of the molecule is CC(Sc1nnc(Cc2ccccc2)n1-c1ccc(F)cc1)C(N)=O. The number of hydrogen-bond donors (Lipinski definition) is 1. The molecule has 0 fully saturated rings. The van der Waals surface area contributed by atoms with Crippen LogP contribution >= 0.6 is 11.8 Å². The van der Waals surface area contributed by atoms with E-state index in [0.717, 1.165) is 11.3 Å². The number of primary amides is 1. The van der Waals surface area contributed by atoms with Gasteiger partial charge in [-0.3, -0.25) is 9.36 Å². The number of nitrogens with zero attached hydrogens (tertiary/aromatic N) is 3. The molecule has 3 rings (SSSR count). The molecule has 1 amide bonds. The predicted octanol–water partition coefficient (Wildman–Crippen LogP) is 2.96. The molecule has 1 aromatic heterocycles. The smallest absolute Gasteiger partial charge is 0.230 e. The minimum absolute atomic E-state index is 0.318. The van der Waals surface area contributed by atoms with Gasteiger partial charge in [0.15, 0.2) is 5.16 Å².